The van der Waals surface area contributed by atoms with Gasteiger partial charge in [-0.3, -0.25) is 28.8 Å². The van der Waals surface area contributed by atoms with Gasteiger partial charge in [-0.05, 0) is 37.5 Å². The molecule has 0 spiro atoms. The normalized spacial score (nSPS) is 14.7. The molecule has 0 saturated heterocycles. The molecule has 0 bridgehead atoms. The number of carboxylic acids is 2. The van der Waals surface area contributed by atoms with Gasteiger partial charge >= 0.3 is 11.9 Å². The monoisotopic (exact) mass is 588 g/mol. The van der Waals surface area contributed by atoms with Gasteiger partial charge in [-0.15, -0.1) is 0 Å². The van der Waals surface area contributed by atoms with Crippen molar-refractivity contribution < 1.29 is 48.9 Å². The Kier molecular flexibility index (Phi) is 16.8. The molecule has 0 fully saturated rings. The van der Waals surface area contributed by atoms with Crippen LogP contribution >= 0.6 is 0 Å². The SMILES string of the molecule is CC(C)C[C@H](NC(=O)[C@H](CCC(=O)O)NC(=O)[C@H](CC(C)C)NC(=O)[C@H](CCC(N)=O)NC(=O)[C@@H](N)CO)C(=O)O. The van der Waals surface area contributed by atoms with Gasteiger partial charge in [0.25, 0.3) is 0 Å². The minimum Gasteiger partial charge on any atom is -0.481 e. The molecule has 0 aliphatic rings. The third-order valence-corrected chi connectivity index (χ3v) is 5.79. The van der Waals surface area contributed by atoms with Crippen molar-refractivity contribution in [3.63, 3.8) is 0 Å². The number of nitrogens with two attached hydrogens (primary N) is 2. The lowest BCUT2D eigenvalue weighted by atomic mass is 10.0. The van der Waals surface area contributed by atoms with Crippen LogP contribution < -0.4 is 32.7 Å². The number of primary amides is 1. The van der Waals surface area contributed by atoms with Gasteiger partial charge in [0.15, 0.2) is 0 Å². The molecule has 0 aromatic heterocycles. The van der Waals surface area contributed by atoms with Crippen molar-refractivity contribution >= 4 is 41.5 Å². The van der Waals surface area contributed by atoms with Crippen LogP contribution in [0.5, 0.6) is 0 Å². The molecule has 5 amide bonds. The zero-order valence-corrected chi connectivity index (χ0v) is 23.8. The Bertz CT molecular complexity index is 942. The first-order valence-electron chi connectivity index (χ1n) is 13.3. The summed E-state index contributed by atoms with van der Waals surface area (Å²) in [6.07, 6.45) is -1.27. The maximum Gasteiger partial charge on any atom is 0.326 e. The van der Waals surface area contributed by atoms with E-state index in [1.807, 2.05) is 0 Å². The maximum atomic E-state index is 13.3. The Labute approximate surface area is 238 Å². The van der Waals surface area contributed by atoms with E-state index >= 15 is 0 Å². The van der Waals surface area contributed by atoms with Crippen LogP contribution in [0.25, 0.3) is 0 Å². The van der Waals surface area contributed by atoms with Gasteiger partial charge in [0.1, 0.15) is 30.2 Å². The van der Waals surface area contributed by atoms with E-state index in [9.17, 15) is 38.7 Å². The molecule has 0 saturated carbocycles. The largest absolute Gasteiger partial charge is 0.481 e. The predicted molar refractivity (Wildman–Crippen MR) is 145 cm³/mol. The molecular formula is C25H44N6O10. The smallest absolute Gasteiger partial charge is 0.326 e. The number of aliphatic hydroxyl groups excluding tert-OH is 1. The Morgan fingerprint density at radius 3 is 1.44 bits per heavy atom. The van der Waals surface area contributed by atoms with Crippen molar-refractivity contribution in [3.05, 3.63) is 0 Å². The fourth-order valence-corrected chi connectivity index (χ4v) is 3.67. The highest BCUT2D eigenvalue weighted by atomic mass is 16.4. The summed E-state index contributed by atoms with van der Waals surface area (Å²) in [5.74, 6) is -7.11. The Balaban J connectivity index is 5.93. The molecule has 0 aliphatic heterocycles. The Morgan fingerprint density at radius 2 is 1.02 bits per heavy atom. The van der Waals surface area contributed by atoms with E-state index in [1.165, 1.54) is 0 Å². The summed E-state index contributed by atoms with van der Waals surface area (Å²) >= 11 is 0. The van der Waals surface area contributed by atoms with Crippen molar-refractivity contribution in [1.29, 1.82) is 0 Å². The van der Waals surface area contributed by atoms with Crippen molar-refractivity contribution in [2.75, 3.05) is 6.61 Å². The lowest BCUT2D eigenvalue weighted by Gasteiger charge is -2.27. The second kappa shape index (κ2) is 18.5. The zero-order valence-electron chi connectivity index (χ0n) is 23.8. The van der Waals surface area contributed by atoms with Crippen LogP contribution in [0.3, 0.4) is 0 Å². The van der Waals surface area contributed by atoms with Crippen molar-refractivity contribution in [2.24, 2.45) is 23.3 Å². The van der Waals surface area contributed by atoms with Gasteiger partial charge < -0.3 is 48.1 Å². The third-order valence-electron chi connectivity index (χ3n) is 5.79. The number of carbonyl (C=O) groups is 7. The van der Waals surface area contributed by atoms with Crippen LogP contribution in [-0.4, -0.2) is 93.6 Å². The van der Waals surface area contributed by atoms with Gasteiger partial charge in [0, 0.05) is 12.8 Å². The predicted octanol–water partition coefficient (Wildman–Crippen LogP) is -2.45. The number of aliphatic carboxylic acids is 2. The van der Waals surface area contributed by atoms with Crippen LogP contribution in [0.1, 0.15) is 66.2 Å². The van der Waals surface area contributed by atoms with Gasteiger partial charge in [-0.25, -0.2) is 4.79 Å². The van der Waals surface area contributed by atoms with Gasteiger partial charge in [-0.2, -0.15) is 0 Å². The molecule has 0 heterocycles. The number of hydrogen-bond donors (Lipinski definition) is 9. The average Bonchev–Trinajstić information content (AvgIpc) is 2.86. The summed E-state index contributed by atoms with van der Waals surface area (Å²) in [6, 6.07) is -6.70. The van der Waals surface area contributed by atoms with Crippen LogP contribution in [0.4, 0.5) is 0 Å². The maximum absolute atomic E-state index is 13.3. The molecule has 16 nitrogen and oxygen atoms in total. The summed E-state index contributed by atoms with van der Waals surface area (Å²) < 4.78 is 0. The minimum atomic E-state index is -1.44. The lowest BCUT2D eigenvalue weighted by molar-refractivity contribution is -0.143. The highest BCUT2D eigenvalue weighted by Crippen LogP contribution is 2.10. The third kappa shape index (κ3) is 15.5. The number of carboxylic acid groups (broad SMARTS) is 2. The molecule has 0 aromatic rings. The number of aliphatic hydroxyl groups is 1. The number of amides is 5. The summed E-state index contributed by atoms with van der Waals surface area (Å²) in [4.78, 5) is 85.5. The standard InChI is InChI=1S/C25H44N6O10/c1-12(2)9-17(30-22(37)15(5-7-19(27)33)28-21(36)14(26)11-32)24(39)29-16(6-8-20(34)35)23(38)31-18(25(40)41)10-13(3)4/h12-18,32H,5-11,26H2,1-4H3,(H2,27,33)(H,28,36)(H,29,39)(H,30,37)(H,31,38)(H,34,35)(H,40,41)/t14-,15-,16-,17-,18-/m0/s1. The highest BCUT2D eigenvalue weighted by Gasteiger charge is 2.32. The first kappa shape index (κ1) is 37.2. The van der Waals surface area contributed by atoms with E-state index in [1.54, 1.807) is 27.7 Å². The van der Waals surface area contributed by atoms with E-state index in [0.717, 1.165) is 0 Å². The van der Waals surface area contributed by atoms with E-state index in [-0.39, 0.29) is 43.9 Å². The Hall–Kier alpha value is -3.79. The molecular weight excluding hydrogens is 544 g/mol. The fourth-order valence-electron chi connectivity index (χ4n) is 3.67. The topological polar surface area (TPSA) is 280 Å². The number of rotatable bonds is 20. The fraction of sp³-hybridized carbons (Fsp3) is 0.720. The van der Waals surface area contributed by atoms with Crippen molar-refractivity contribution in [3.8, 4) is 0 Å². The van der Waals surface area contributed by atoms with Gasteiger partial charge in [-0.1, -0.05) is 27.7 Å². The lowest BCUT2D eigenvalue weighted by Crippen LogP contribution is -2.59. The van der Waals surface area contributed by atoms with Gasteiger partial charge in [0.2, 0.25) is 29.5 Å². The second-order valence-corrected chi connectivity index (χ2v) is 10.6. The minimum absolute atomic E-state index is 0.0581. The van der Waals surface area contributed by atoms with Gasteiger partial charge in [0.05, 0.1) is 6.61 Å². The molecule has 0 rings (SSSR count). The molecule has 0 radical (unpaired) electrons. The average molecular weight is 589 g/mol. The first-order valence-corrected chi connectivity index (χ1v) is 13.3. The highest BCUT2D eigenvalue weighted by molar-refractivity contribution is 5.95. The molecule has 0 unspecified atom stereocenters. The van der Waals surface area contributed by atoms with E-state index in [0.29, 0.717) is 0 Å². The van der Waals surface area contributed by atoms with E-state index in [4.69, 9.17) is 21.7 Å². The molecule has 5 atom stereocenters. The zero-order chi connectivity index (χ0) is 31.9. The molecule has 234 valence electrons. The molecule has 0 aliphatic carbocycles. The summed E-state index contributed by atoms with van der Waals surface area (Å²) in [5, 5.41) is 37.2. The quantitative estimate of drug-likeness (QED) is 0.0719. The van der Waals surface area contributed by atoms with Crippen LogP contribution in [0.15, 0.2) is 0 Å². The van der Waals surface area contributed by atoms with Crippen LogP contribution in [-0.2, 0) is 33.6 Å². The van der Waals surface area contributed by atoms with E-state index < -0.39 is 84.7 Å². The molecule has 0 aromatic carbocycles. The van der Waals surface area contributed by atoms with E-state index in [2.05, 4.69) is 21.3 Å². The summed E-state index contributed by atoms with van der Waals surface area (Å²) in [5.41, 5.74) is 10.6. The van der Waals surface area contributed by atoms with Crippen molar-refractivity contribution in [1.82, 2.24) is 21.3 Å². The molecule has 16 heteroatoms. The van der Waals surface area contributed by atoms with Crippen molar-refractivity contribution in [2.45, 2.75) is 96.4 Å². The molecule has 41 heavy (non-hydrogen) atoms. The number of carbonyl (C=O) groups excluding carboxylic acids is 5. The molecule has 11 N–H and O–H groups in total. The second-order valence-electron chi connectivity index (χ2n) is 10.6. The first-order chi connectivity index (χ1) is 19.0. The number of nitrogens with one attached hydrogen (secondary N) is 4. The van der Waals surface area contributed by atoms with Crippen LogP contribution in [0, 0.1) is 11.8 Å². The van der Waals surface area contributed by atoms with Crippen LogP contribution in [0.2, 0.25) is 0 Å². The number of hydrogen-bond acceptors (Lipinski definition) is 9. The summed E-state index contributed by atoms with van der Waals surface area (Å²) in [7, 11) is 0. The summed E-state index contributed by atoms with van der Waals surface area (Å²) in [6.45, 7) is 6.28. The Morgan fingerprint density at radius 1 is 0.634 bits per heavy atom.